The molecule has 122 valence electrons. The second-order valence-corrected chi connectivity index (χ2v) is 5.89. The van der Waals surface area contributed by atoms with Gasteiger partial charge in [0.05, 0.1) is 17.3 Å². The highest BCUT2D eigenvalue weighted by molar-refractivity contribution is 7.09. The molecule has 1 amide bonds. The standard InChI is InChI=1S/C17H20N2O3S/c1-13-19-15(12-23-13)5-8-17(20)18-11-14-3-6-16(7-4-14)22-10-9-21-2/h3-8,12H,9-11H2,1-2H3,(H,18,20)/b8-5+. The van der Waals surface area contributed by atoms with Crippen LogP contribution in [0.2, 0.25) is 0 Å². The summed E-state index contributed by atoms with van der Waals surface area (Å²) in [5.41, 5.74) is 1.82. The number of ether oxygens (including phenoxy) is 2. The third kappa shape index (κ3) is 6.22. The molecule has 0 atom stereocenters. The fourth-order valence-corrected chi connectivity index (χ4v) is 2.39. The molecule has 0 saturated heterocycles. The van der Waals surface area contributed by atoms with Crippen LogP contribution in [0.15, 0.2) is 35.7 Å². The minimum atomic E-state index is -0.143. The number of aromatic nitrogens is 1. The van der Waals surface area contributed by atoms with E-state index < -0.39 is 0 Å². The van der Waals surface area contributed by atoms with Gasteiger partial charge >= 0.3 is 0 Å². The van der Waals surface area contributed by atoms with Gasteiger partial charge in [0.1, 0.15) is 12.4 Å². The van der Waals surface area contributed by atoms with Gasteiger partial charge in [0.25, 0.3) is 0 Å². The van der Waals surface area contributed by atoms with Crippen LogP contribution in [0.1, 0.15) is 16.3 Å². The molecule has 0 saturated carbocycles. The van der Waals surface area contributed by atoms with Crippen molar-refractivity contribution in [2.45, 2.75) is 13.5 Å². The van der Waals surface area contributed by atoms with Gasteiger partial charge in [-0.15, -0.1) is 11.3 Å². The number of aryl methyl sites for hydroxylation is 1. The first kappa shape index (κ1) is 17.2. The first-order chi connectivity index (χ1) is 11.2. The van der Waals surface area contributed by atoms with E-state index in [1.165, 1.54) is 6.08 Å². The van der Waals surface area contributed by atoms with Gasteiger partial charge in [0.15, 0.2) is 0 Å². The van der Waals surface area contributed by atoms with E-state index in [1.54, 1.807) is 24.5 Å². The zero-order chi connectivity index (χ0) is 16.5. The number of carbonyl (C=O) groups excluding carboxylic acids is 1. The molecule has 0 aliphatic carbocycles. The molecule has 1 N–H and O–H groups in total. The summed E-state index contributed by atoms with van der Waals surface area (Å²) in [6.45, 7) is 3.48. The SMILES string of the molecule is COCCOc1ccc(CNC(=O)/C=C/c2csc(C)n2)cc1. The number of amides is 1. The van der Waals surface area contributed by atoms with Crippen LogP contribution >= 0.6 is 11.3 Å². The number of nitrogens with one attached hydrogen (secondary N) is 1. The molecule has 23 heavy (non-hydrogen) atoms. The lowest BCUT2D eigenvalue weighted by molar-refractivity contribution is -0.116. The van der Waals surface area contributed by atoms with Gasteiger partial charge in [0.2, 0.25) is 5.91 Å². The van der Waals surface area contributed by atoms with Crippen LogP contribution in [0.25, 0.3) is 6.08 Å². The van der Waals surface area contributed by atoms with Gasteiger partial charge in [-0.2, -0.15) is 0 Å². The van der Waals surface area contributed by atoms with Crippen LogP contribution in [-0.2, 0) is 16.1 Å². The van der Waals surface area contributed by atoms with Crippen molar-refractivity contribution in [2.24, 2.45) is 0 Å². The Kier molecular flexibility index (Phi) is 6.77. The van der Waals surface area contributed by atoms with E-state index in [9.17, 15) is 4.79 Å². The van der Waals surface area contributed by atoms with Gasteiger partial charge in [-0.25, -0.2) is 4.98 Å². The molecule has 0 unspecified atom stereocenters. The van der Waals surface area contributed by atoms with E-state index in [1.807, 2.05) is 36.6 Å². The molecule has 1 aromatic carbocycles. The van der Waals surface area contributed by atoms with E-state index in [0.29, 0.717) is 19.8 Å². The molecule has 0 aliphatic heterocycles. The van der Waals surface area contributed by atoms with Crippen molar-refractivity contribution in [3.05, 3.63) is 52.0 Å². The molecule has 1 aromatic heterocycles. The normalized spacial score (nSPS) is 10.9. The summed E-state index contributed by atoms with van der Waals surface area (Å²) in [5.74, 6) is 0.645. The highest BCUT2D eigenvalue weighted by Gasteiger charge is 1.99. The van der Waals surface area contributed by atoms with Crippen LogP contribution in [0.4, 0.5) is 0 Å². The van der Waals surface area contributed by atoms with Crippen LogP contribution < -0.4 is 10.1 Å². The fraction of sp³-hybridized carbons (Fsp3) is 0.294. The third-order valence-corrected chi connectivity index (χ3v) is 3.78. The minimum absolute atomic E-state index is 0.143. The van der Waals surface area contributed by atoms with Crippen molar-refractivity contribution in [2.75, 3.05) is 20.3 Å². The molecular weight excluding hydrogens is 312 g/mol. The Morgan fingerprint density at radius 2 is 2.09 bits per heavy atom. The predicted octanol–water partition coefficient (Wildman–Crippen LogP) is 2.81. The average Bonchev–Trinajstić information content (AvgIpc) is 2.98. The first-order valence-electron chi connectivity index (χ1n) is 7.26. The summed E-state index contributed by atoms with van der Waals surface area (Å²) in [6.07, 6.45) is 3.21. The van der Waals surface area contributed by atoms with Gasteiger partial charge in [0, 0.05) is 25.1 Å². The molecule has 2 rings (SSSR count). The van der Waals surface area contributed by atoms with E-state index in [-0.39, 0.29) is 5.91 Å². The lowest BCUT2D eigenvalue weighted by Gasteiger charge is -2.07. The second-order valence-electron chi connectivity index (χ2n) is 4.83. The Bertz CT molecular complexity index is 650. The number of nitrogens with zero attached hydrogens (tertiary/aromatic N) is 1. The molecule has 0 spiro atoms. The highest BCUT2D eigenvalue weighted by Crippen LogP contribution is 2.12. The summed E-state index contributed by atoms with van der Waals surface area (Å²) in [5, 5.41) is 5.74. The summed E-state index contributed by atoms with van der Waals surface area (Å²) in [7, 11) is 1.64. The zero-order valence-electron chi connectivity index (χ0n) is 13.2. The number of hydrogen-bond acceptors (Lipinski definition) is 5. The van der Waals surface area contributed by atoms with E-state index >= 15 is 0 Å². The maximum Gasteiger partial charge on any atom is 0.244 e. The van der Waals surface area contributed by atoms with Crippen molar-refractivity contribution in [3.63, 3.8) is 0 Å². The van der Waals surface area contributed by atoms with E-state index in [4.69, 9.17) is 9.47 Å². The van der Waals surface area contributed by atoms with Crippen LogP contribution in [0.5, 0.6) is 5.75 Å². The monoisotopic (exact) mass is 332 g/mol. The molecule has 0 aliphatic rings. The third-order valence-electron chi connectivity index (χ3n) is 2.99. The first-order valence-corrected chi connectivity index (χ1v) is 8.14. The van der Waals surface area contributed by atoms with Gasteiger partial charge in [-0.3, -0.25) is 4.79 Å². The largest absolute Gasteiger partial charge is 0.491 e. The molecule has 0 fully saturated rings. The topological polar surface area (TPSA) is 60.5 Å². The van der Waals surface area contributed by atoms with Crippen molar-refractivity contribution >= 4 is 23.3 Å². The summed E-state index contributed by atoms with van der Waals surface area (Å²) >= 11 is 1.56. The molecular formula is C17H20N2O3S. The predicted molar refractivity (Wildman–Crippen MR) is 91.5 cm³/mol. The molecule has 6 heteroatoms. The molecule has 5 nitrogen and oxygen atoms in total. The number of methoxy groups -OCH3 is 1. The van der Waals surface area contributed by atoms with Crippen molar-refractivity contribution < 1.29 is 14.3 Å². The maximum absolute atomic E-state index is 11.8. The minimum Gasteiger partial charge on any atom is -0.491 e. The van der Waals surface area contributed by atoms with Crippen LogP contribution in [0.3, 0.4) is 0 Å². The molecule has 1 heterocycles. The van der Waals surface area contributed by atoms with Gasteiger partial charge in [-0.1, -0.05) is 12.1 Å². The number of rotatable bonds is 8. The Labute approximate surface area is 140 Å². The molecule has 0 radical (unpaired) electrons. The molecule has 2 aromatic rings. The summed E-state index contributed by atoms with van der Waals surface area (Å²) in [4.78, 5) is 16.0. The lowest BCUT2D eigenvalue weighted by atomic mass is 10.2. The van der Waals surface area contributed by atoms with Crippen LogP contribution in [0, 0.1) is 6.92 Å². The summed E-state index contributed by atoms with van der Waals surface area (Å²) in [6, 6.07) is 7.61. The summed E-state index contributed by atoms with van der Waals surface area (Å²) < 4.78 is 10.4. The quantitative estimate of drug-likeness (QED) is 0.596. The van der Waals surface area contributed by atoms with Crippen molar-refractivity contribution in [1.29, 1.82) is 0 Å². The molecule has 0 bridgehead atoms. The number of hydrogen-bond donors (Lipinski definition) is 1. The fourth-order valence-electron chi connectivity index (χ4n) is 1.81. The Morgan fingerprint density at radius 3 is 2.74 bits per heavy atom. The van der Waals surface area contributed by atoms with Crippen molar-refractivity contribution in [3.8, 4) is 5.75 Å². The number of thiazole rings is 1. The van der Waals surface area contributed by atoms with Crippen molar-refractivity contribution in [1.82, 2.24) is 10.3 Å². The van der Waals surface area contributed by atoms with E-state index in [2.05, 4.69) is 10.3 Å². The Hall–Kier alpha value is -2.18. The van der Waals surface area contributed by atoms with Gasteiger partial charge < -0.3 is 14.8 Å². The smallest absolute Gasteiger partial charge is 0.244 e. The number of benzene rings is 1. The average molecular weight is 332 g/mol. The Morgan fingerprint density at radius 1 is 1.30 bits per heavy atom. The highest BCUT2D eigenvalue weighted by atomic mass is 32.1. The maximum atomic E-state index is 11.8. The van der Waals surface area contributed by atoms with Crippen LogP contribution in [-0.4, -0.2) is 31.2 Å². The zero-order valence-corrected chi connectivity index (χ0v) is 14.1. The lowest BCUT2D eigenvalue weighted by Crippen LogP contribution is -2.20. The number of carbonyl (C=O) groups is 1. The van der Waals surface area contributed by atoms with Gasteiger partial charge in [-0.05, 0) is 30.7 Å². The van der Waals surface area contributed by atoms with E-state index in [0.717, 1.165) is 22.0 Å². The Balaban J connectivity index is 1.76. The second kappa shape index (κ2) is 9.07.